The van der Waals surface area contributed by atoms with E-state index in [2.05, 4.69) is 9.89 Å². The Labute approximate surface area is 106 Å². The maximum absolute atomic E-state index is 10.0. The van der Waals surface area contributed by atoms with E-state index in [9.17, 15) is 4.79 Å². The lowest BCUT2D eigenvalue weighted by Crippen LogP contribution is -2.29. The molecule has 1 heterocycles. The summed E-state index contributed by atoms with van der Waals surface area (Å²) in [5.74, 6) is 0. The molecule has 0 aromatic heterocycles. The largest absolute Gasteiger partial charge is 0.370 e. The van der Waals surface area contributed by atoms with Crippen molar-refractivity contribution in [2.24, 2.45) is 4.99 Å². The molecule has 0 spiro atoms. The van der Waals surface area contributed by atoms with Crippen molar-refractivity contribution in [2.75, 3.05) is 18.0 Å². The lowest BCUT2D eigenvalue weighted by atomic mass is 10.1. The number of aliphatic imine (C=N–C) groups is 1. The van der Waals surface area contributed by atoms with Gasteiger partial charge in [0, 0.05) is 13.1 Å². The van der Waals surface area contributed by atoms with Gasteiger partial charge in [0.15, 0.2) is 0 Å². The summed E-state index contributed by atoms with van der Waals surface area (Å²) in [7, 11) is 0. The maximum Gasteiger partial charge on any atom is 0.235 e. The average molecular weight is 251 g/mol. The highest BCUT2D eigenvalue weighted by molar-refractivity contribution is 6.33. The molecule has 17 heavy (non-hydrogen) atoms. The van der Waals surface area contributed by atoms with E-state index in [-0.39, 0.29) is 0 Å². The number of anilines is 1. The summed E-state index contributed by atoms with van der Waals surface area (Å²) in [6, 6.07) is 5.87. The zero-order valence-electron chi connectivity index (χ0n) is 9.66. The number of halogens is 1. The maximum atomic E-state index is 10.0. The predicted molar refractivity (Wildman–Crippen MR) is 69.3 cm³/mol. The minimum Gasteiger partial charge on any atom is -0.370 e. The molecule has 1 aliphatic heterocycles. The molecular formula is C13H15ClN2O. The van der Waals surface area contributed by atoms with E-state index >= 15 is 0 Å². The van der Waals surface area contributed by atoms with Crippen LogP contribution in [0.2, 0.25) is 5.02 Å². The normalized spacial score (nSPS) is 15.5. The van der Waals surface area contributed by atoms with E-state index in [0.717, 1.165) is 29.4 Å². The number of piperidine rings is 1. The van der Waals surface area contributed by atoms with E-state index in [1.165, 1.54) is 25.3 Å². The van der Waals surface area contributed by atoms with Crippen molar-refractivity contribution in [3.8, 4) is 0 Å². The summed E-state index contributed by atoms with van der Waals surface area (Å²) >= 11 is 6.26. The van der Waals surface area contributed by atoms with Crippen molar-refractivity contribution in [3.05, 3.63) is 28.8 Å². The van der Waals surface area contributed by atoms with Crippen molar-refractivity contribution < 1.29 is 4.79 Å². The van der Waals surface area contributed by atoms with E-state index in [1.807, 2.05) is 18.2 Å². The number of carbonyl (C=O) groups excluding carboxylic acids is 1. The second-order valence-electron chi connectivity index (χ2n) is 4.24. The Morgan fingerprint density at radius 3 is 2.71 bits per heavy atom. The van der Waals surface area contributed by atoms with Crippen LogP contribution in [0.25, 0.3) is 0 Å². The Kier molecular flexibility index (Phi) is 4.18. The minimum atomic E-state index is 0.351. The molecule has 0 amide bonds. The molecule has 1 aliphatic rings. The van der Waals surface area contributed by atoms with Crippen LogP contribution in [0.3, 0.4) is 0 Å². The van der Waals surface area contributed by atoms with Gasteiger partial charge in [-0.1, -0.05) is 17.7 Å². The predicted octanol–water partition coefficient (Wildman–Crippen LogP) is 3.17. The first-order valence-electron chi connectivity index (χ1n) is 5.88. The first kappa shape index (κ1) is 12.2. The van der Waals surface area contributed by atoms with Crippen molar-refractivity contribution in [1.29, 1.82) is 0 Å². The van der Waals surface area contributed by atoms with Crippen LogP contribution < -0.4 is 4.90 Å². The third-order valence-corrected chi connectivity index (χ3v) is 3.34. The average Bonchev–Trinajstić information content (AvgIpc) is 2.37. The molecule has 1 aromatic rings. The highest BCUT2D eigenvalue weighted by Crippen LogP contribution is 2.29. The van der Waals surface area contributed by atoms with E-state index in [4.69, 9.17) is 11.6 Å². The molecule has 2 rings (SSSR count). The fraction of sp³-hybridized carbons (Fsp3) is 0.462. The van der Waals surface area contributed by atoms with Crippen LogP contribution in [0, 0.1) is 0 Å². The van der Waals surface area contributed by atoms with Crippen LogP contribution in [-0.4, -0.2) is 19.2 Å². The van der Waals surface area contributed by atoms with Gasteiger partial charge in [0.25, 0.3) is 0 Å². The quantitative estimate of drug-likeness (QED) is 0.610. The molecule has 0 saturated carbocycles. The van der Waals surface area contributed by atoms with Gasteiger partial charge in [0.05, 0.1) is 17.3 Å². The molecule has 90 valence electrons. The highest BCUT2D eigenvalue weighted by atomic mass is 35.5. The third kappa shape index (κ3) is 3.09. The van der Waals surface area contributed by atoms with Crippen LogP contribution in [0.1, 0.15) is 24.8 Å². The summed E-state index contributed by atoms with van der Waals surface area (Å²) in [5.41, 5.74) is 2.03. The van der Waals surface area contributed by atoms with E-state index < -0.39 is 0 Å². The smallest absolute Gasteiger partial charge is 0.235 e. The Balaban J connectivity index is 2.15. The van der Waals surface area contributed by atoms with Gasteiger partial charge >= 0.3 is 0 Å². The van der Waals surface area contributed by atoms with Crippen LogP contribution in [-0.2, 0) is 11.3 Å². The number of hydrogen-bond acceptors (Lipinski definition) is 3. The van der Waals surface area contributed by atoms with Gasteiger partial charge in [-0.05, 0) is 37.0 Å². The zero-order chi connectivity index (χ0) is 12.1. The summed E-state index contributed by atoms with van der Waals surface area (Å²) in [6.45, 7) is 2.50. The van der Waals surface area contributed by atoms with Crippen molar-refractivity contribution >= 4 is 23.4 Å². The minimum absolute atomic E-state index is 0.351. The molecule has 0 aliphatic carbocycles. The van der Waals surface area contributed by atoms with Crippen LogP contribution in [0.15, 0.2) is 23.2 Å². The molecule has 1 fully saturated rings. The van der Waals surface area contributed by atoms with Gasteiger partial charge in [-0.3, -0.25) is 0 Å². The fourth-order valence-electron chi connectivity index (χ4n) is 2.16. The Hall–Kier alpha value is -1.31. The van der Waals surface area contributed by atoms with Crippen molar-refractivity contribution in [2.45, 2.75) is 25.8 Å². The molecule has 0 atom stereocenters. The van der Waals surface area contributed by atoms with Gasteiger partial charge in [0.2, 0.25) is 6.08 Å². The molecule has 1 aromatic carbocycles. The number of hydrogen-bond donors (Lipinski definition) is 0. The van der Waals surface area contributed by atoms with E-state index in [1.54, 1.807) is 0 Å². The Morgan fingerprint density at radius 2 is 2.06 bits per heavy atom. The number of rotatable bonds is 3. The van der Waals surface area contributed by atoms with Crippen LogP contribution in [0.4, 0.5) is 5.69 Å². The fourth-order valence-corrected chi connectivity index (χ4v) is 2.49. The molecule has 4 heteroatoms. The molecule has 1 saturated heterocycles. The summed E-state index contributed by atoms with van der Waals surface area (Å²) in [4.78, 5) is 15.9. The van der Waals surface area contributed by atoms with Gasteiger partial charge < -0.3 is 4.90 Å². The first-order valence-corrected chi connectivity index (χ1v) is 6.26. The van der Waals surface area contributed by atoms with Crippen molar-refractivity contribution in [1.82, 2.24) is 0 Å². The zero-order valence-corrected chi connectivity index (χ0v) is 10.4. The summed E-state index contributed by atoms with van der Waals surface area (Å²) in [6.07, 6.45) is 5.30. The molecule has 0 unspecified atom stereocenters. The summed E-state index contributed by atoms with van der Waals surface area (Å²) in [5, 5.41) is 0.741. The molecule has 3 nitrogen and oxygen atoms in total. The first-order chi connectivity index (χ1) is 8.31. The molecule has 0 radical (unpaired) electrons. The van der Waals surface area contributed by atoms with E-state index in [0.29, 0.717) is 6.54 Å². The second kappa shape index (κ2) is 5.85. The SMILES string of the molecule is O=C=NCc1ccc(N2CCCCC2)c(Cl)c1. The van der Waals surface area contributed by atoms with Crippen LogP contribution >= 0.6 is 11.6 Å². The van der Waals surface area contributed by atoms with Crippen LogP contribution in [0.5, 0.6) is 0 Å². The number of isocyanates is 1. The van der Waals surface area contributed by atoms with Gasteiger partial charge in [0.1, 0.15) is 0 Å². The third-order valence-electron chi connectivity index (χ3n) is 3.04. The summed E-state index contributed by atoms with van der Waals surface area (Å²) < 4.78 is 0. The Morgan fingerprint density at radius 1 is 1.29 bits per heavy atom. The molecule has 0 N–H and O–H groups in total. The van der Waals surface area contributed by atoms with Crippen molar-refractivity contribution in [3.63, 3.8) is 0 Å². The standard InChI is InChI=1S/C13H15ClN2O/c14-12-8-11(9-15-10-17)4-5-13(12)16-6-2-1-3-7-16/h4-5,8H,1-3,6-7,9H2. The van der Waals surface area contributed by atoms with Gasteiger partial charge in [-0.15, -0.1) is 0 Å². The Bertz CT molecular complexity index is 435. The number of benzene rings is 1. The topological polar surface area (TPSA) is 32.7 Å². The number of nitrogens with zero attached hydrogens (tertiary/aromatic N) is 2. The second-order valence-corrected chi connectivity index (χ2v) is 4.65. The lowest BCUT2D eigenvalue weighted by Gasteiger charge is -2.29. The highest BCUT2D eigenvalue weighted by Gasteiger charge is 2.13. The molecular weight excluding hydrogens is 236 g/mol. The monoisotopic (exact) mass is 250 g/mol. The van der Waals surface area contributed by atoms with Gasteiger partial charge in [-0.2, -0.15) is 0 Å². The lowest BCUT2D eigenvalue weighted by molar-refractivity contribution is 0.563. The van der Waals surface area contributed by atoms with Gasteiger partial charge in [-0.25, -0.2) is 9.79 Å². The molecule has 0 bridgehead atoms.